The molecule has 328 valence electrons. The third-order valence-corrected chi connectivity index (χ3v) is 9.98. The van der Waals surface area contributed by atoms with Gasteiger partial charge in [-0.1, -0.05) is 84.0 Å². The first kappa shape index (κ1) is 44.3. The van der Waals surface area contributed by atoms with E-state index in [1.54, 1.807) is 30.3 Å². The molecule has 3 aromatic carbocycles. The summed E-state index contributed by atoms with van der Waals surface area (Å²) in [5, 5.41) is 6.52. The van der Waals surface area contributed by atoms with Gasteiger partial charge in [0.2, 0.25) is 0 Å². The molecule has 4 heterocycles. The van der Waals surface area contributed by atoms with Crippen LogP contribution in [0.4, 0.5) is 5.82 Å². The second-order valence-electron chi connectivity index (χ2n) is 14.5. The van der Waals surface area contributed by atoms with Crippen molar-refractivity contribution in [2.75, 3.05) is 18.5 Å². The number of carbonyl (C=O) groups is 4. The van der Waals surface area contributed by atoms with Gasteiger partial charge in [-0.15, -0.1) is 0 Å². The summed E-state index contributed by atoms with van der Waals surface area (Å²) >= 11 is 0. The molecular formula is C43H44N8O12. The number of aromatic nitrogens is 4. The van der Waals surface area contributed by atoms with Gasteiger partial charge in [0.25, 0.3) is 5.91 Å². The van der Waals surface area contributed by atoms with Crippen LogP contribution in [0.2, 0.25) is 0 Å². The van der Waals surface area contributed by atoms with E-state index in [9.17, 15) is 24.7 Å². The highest BCUT2D eigenvalue weighted by Gasteiger charge is 2.56. The number of amides is 1. The van der Waals surface area contributed by atoms with Crippen molar-refractivity contribution >= 4 is 40.8 Å². The van der Waals surface area contributed by atoms with Gasteiger partial charge in [0, 0.05) is 31.2 Å². The molecule has 1 N–H and O–H groups in total. The van der Waals surface area contributed by atoms with Crippen LogP contribution in [0.5, 0.6) is 0 Å². The summed E-state index contributed by atoms with van der Waals surface area (Å²) in [6.07, 6.45) is -8.74. The van der Waals surface area contributed by atoms with Gasteiger partial charge in [0.1, 0.15) is 24.6 Å². The lowest BCUT2D eigenvalue weighted by Crippen LogP contribution is -2.63. The molecule has 2 aliphatic rings. The summed E-state index contributed by atoms with van der Waals surface area (Å²) in [6, 6.07) is 27.0. The van der Waals surface area contributed by atoms with E-state index < -0.39 is 79.1 Å². The van der Waals surface area contributed by atoms with E-state index >= 15 is 0 Å². The number of fused-ring (bicyclic) bond motifs is 1. The van der Waals surface area contributed by atoms with Crippen LogP contribution in [0.3, 0.4) is 0 Å². The van der Waals surface area contributed by atoms with E-state index in [0.717, 1.165) is 11.1 Å². The molecular weight excluding hydrogens is 821 g/mol. The van der Waals surface area contributed by atoms with E-state index in [1.807, 2.05) is 60.7 Å². The maximum absolute atomic E-state index is 13.1. The van der Waals surface area contributed by atoms with Gasteiger partial charge in [-0.05, 0) is 28.8 Å². The maximum atomic E-state index is 13.1. The van der Waals surface area contributed by atoms with E-state index in [0.29, 0.717) is 5.56 Å². The van der Waals surface area contributed by atoms with E-state index in [1.165, 1.54) is 38.0 Å². The number of anilines is 1. The van der Waals surface area contributed by atoms with Crippen molar-refractivity contribution in [3.8, 4) is 0 Å². The van der Waals surface area contributed by atoms with Crippen LogP contribution in [0.25, 0.3) is 21.6 Å². The number of nitrogens with zero attached hydrogens (tertiary/aromatic N) is 7. The molecule has 5 aromatic rings. The highest BCUT2D eigenvalue weighted by atomic mass is 16.7. The molecule has 2 aromatic heterocycles. The number of esters is 3. The number of hydrogen-bond donors (Lipinski definition) is 1. The van der Waals surface area contributed by atoms with E-state index in [-0.39, 0.29) is 43.3 Å². The highest BCUT2D eigenvalue weighted by Crippen LogP contribution is 2.39. The molecule has 2 saturated heterocycles. The Hall–Kier alpha value is -6.80. The molecule has 0 aliphatic carbocycles. The SMILES string of the molecule is CC(=O)O[C@@H]1[C@@H](OCc2ccccc2)[C@@H](O[C@H]2[C@@H](OC(C)=O)[C@H](n3cnc4c(NC(=O)c5ccccc5)ncnc43)O[C@@H]2CN=[N+]=[N-])O[C@H](COCc2ccccc2)[C@H]1OC(C)=O. The number of azide groups is 1. The van der Waals surface area contributed by atoms with Gasteiger partial charge in [-0.25, -0.2) is 15.0 Å². The first-order valence-corrected chi connectivity index (χ1v) is 19.9. The number of hydrogen-bond acceptors (Lipinski definition) is 16. The number of ether oxygens (including phenoxy) is 8. The third kappa shape index (κ3) is 11.0. The Kier molecular flexibility index (Phi) is 14.6. The van der Waals surface area contributed by atoms with Crippen molar-refractivity contribution in [2.45, 2.75) is 89.2 Å². The van der Waals surface area contributed by atoms with Gasteiger partial charge >= 0.3 is 17.9 Å². The lowest BCUT2D eigenvalue weighted by atomic mass is 9.97. The predicted molar refractivity (Wildman–Crippen MR) is 219 cm³/mol. The molecule has 0 spiro atoms. The Morgan fingerprint density at radius 2 is 1.35 bits per heavy atom. The van der Waals surface area contributed by atoms with E-state index in [4.69, 9.17) is 37.9 Å². The first-order valence-electron chi connectivity index (χ1n) is 19.9. The minimum atomic E-state index is -1.46. The molecule has 0 bridgehead atoms. The Bertz CT molecular complexity index is 2400. The molecule has 0 radical (unpaired) electrons. The summed E-state index contributed by atoms with van der Waals surface area (Å²) in [4.78, 5) is 67.5. The fourth-order valence-electron chi connectivity index (χ4n) is 7.32. The van der Waals surface area contributed by atoms with Crippen LogP contribution >= 0.6 is 0 Å². The zero-order valence-corrected chi connectivity index (χ0v) is 34.4. The zero-order chi connectivity index (χ0) is 44.3. The largest absolute Gasteiger partial charge is 0.456 e. The summed E-state index contributed by atoms with van der Waals surface area (Å²) in [5.74, 6) is -2.47. The van der Waals surface area contributed by atoms with Crippen LogP contribution in [-0.4, -0.2) is 106 Å². The standard InChI is InChI=1S/C43H44N8O12/c1-25(52)58-35-32(22-56-20-28-13-7-4-8-14-28)62-43(38(36(35)59-26(2)53)57-21-29-15-9-5-10-16-29)63-34-31(19-48-50-44)61-42(37(34)60-27(3)54)51-24-47-33-39(45-23-46-40(33)51)49-41(55)30-17-11-6-12-18-30/h4-18,23-24,31-32,34-38,42-43H,19-22H2,1-3H3,(H,45,46,49,55)/t31-,32-,34-,35-,36+,37-,38-,42-,43-/m1/s1. The Labute approximate surface area is 360 Å². The van der Waals surface area contributed by atoms with Gasteiger partial charge in [-0.2, -0.15) is 0 Å². The van der Waals surface area contributed by atoms with Gasteiger partial charge < -0.3 is 43.2 Å². The quantitative estimate of drug-likeness (QED) is 0.0425. The number of rotatable bonds is 17. The molecule has 0 unspecified atom stereocenters. The number of carbonyl (C=O) groups excluding carboxylic acids is 4. The Balaban J connectivity index is 1.25. The molecule has 2 fully saturated rings. The van der Waals surface area contributed by atoms with Crippen LogP contribution < -0.4 is 5.32 Å². The average Bonchev–Trinajstić information content (AvgIpc) is 3.85. The van der Waals surface area contributed by atoms with Crippen molar-refractivity contribution < 1.29 is 57.1 Å². The minimum Gasteiger partial charge on any atom is -0.456 e. The first-order chi connectivity index (χ1) is 30.6. The minimum absolute atomic E-state index is 0.0301. The lowest BCUT2D eigenvalue weighted by Gasteiger charge is -2.45. The summed E-state index contributed by atoms with van der Waals surface area (Å²) in [6.45, 7) is 3.25. The van der Waals surface area contributed by atoms with Crippen molar-refractivity contribution in [1.29, 1.82) is 0 Å². The van der Waals surface area contributed by atoms with Crippen LogP contribution in [0.1, 0.15) is 48.5 Å². The van der Waals surface area contributed by atoms with Crippen LogP contribution in [0.15, 0.2) is 109 Å². The van der Waals surface area contributed by atoms with Crippen LogP contribution in [0, 0.1) is 0 Å². The normalized spacial score (nSPS) is 24.2. The van der Waals surface area contributed by atoms with Gasteiger partial charge in [0.15, 0.2) is 47.8 Å². The molecule has 7 rings (SSSR count). The second kappa shape index (κ2) is 20.8. The molecule has 9 atom stereocenters. The Morgan fingerprint density at radius 1 is 0.730 bits per heavy atom. The highest BCUT2D eigenvalue weighted by molar-refractivity contribution is 6.06. The van der Waals surface area contributed by atoms with Gasteiger partial charge in [-0.3, -0.25) is 23.7 Å². The second-order valence-corrected chi connectivity index (χ2v) is 14.5. The molecule has 20 nitrogen and oxygen atoms in total. The number of imidazole rings is 1. The lowest BCUT2D eigenvalue weighted by molar-refractivity contribution is -0.330. The van der Waals surface area contributed by atoms with E-state index in [2.05, 4.69) is 30.3 Å². The fourth-order valence-corrected chi connectivity index (χ4v) is 7.32. The van der Waals surface area contributed by atoms with Crippen molar-refractivity contribution in [1.82, 2.24) is 19.5 Å². The summed E-state index contributed by atoms with van der Waals surface area (Å²) in [5.41, 5.74) is 11.8. The number of benzene rings is 3. The zero-order valence-electron chi connectivity index (χ0n) is 34.4. The van der Waals surface area contributed by atoms with Crippen molar-refractivity contribution in [3.63, 3.8) is 0 Å². The monoisotopic (exact) mass is 864 g/mol. The van der Waals surface area contributed by atoms with Crippen molar-refractivity contribution in [2.24, 2.45) is 5.11 Å². The molecule has 20 heteroatoms. The average molecular weight is 865 g/mol. The third-order valence-electron chi connectivity index (χ3n) is 9.98. The number of nitrogens with one attached hydrogen (secondary N) is 1. The molecule has 0 saturated carbocycles. The summed E-state index contributed by atoms with van der Waals surface area (Å²) < 4.78 is 51.4. The molecule has 2 aliphatic heterocycles. The predicted octanol–water partition coefficient (Wildman–Crippen LogP) is 4.99. The Morgan fingerprint density at radius 3 is 2.00 bits per heavy atom. The smallest absolute Gasteiger partial charge is 0.303 e. The molecule has 1 amide bonds. The fraction of sp³-hybridized carbons (Fsp3) is 0.372. The maximum Gasteiger partial charge on any atom is 0.303 e. The van der Waals surface area contributed by atoms with Gasteiger partial charge in [0.05, 0.1) is 38.8 Å². The van der Waals surface area contributed by atoms with Crippen LogP contribution in [-0.2, 0) is 65.5 Å². The topological polar surface area (TPSA) is 247 Å². The van der Waals surface area contributed by atoms with Crippen molar-refractivity contribution in [3.05, 3.63) is 131 Å². The molecule has 63 heavy (non-hydrogen) atoms. The summed E-state index contributed by atoms with van der Waals surface area (Å²) in [7, 11) is 0.